The molecule has 1 rings (SSSR count). The van der Waals surface area contributed by atoms with Crippen molar-refractivity contribution in [2.24, 2.45) is 11.1 Å². The molecule has 1 atom stereocenters. The summed E-state index contributed by atoms with van der Waals surface area (Å²) in [4.78, 5) is 16.0. The lowest BCUT2D eigenvalue weighted by atomic mass is 9.86. The first-order valence-electron chi connectivity index (χ1n) is 5.34. The number of hydrogen-bond acceptors (Lipinski definition) is 5. The number of amides is 1. The molecule has 0 saturated carbocycles. The Kier molecular flexibility index (Phi) is 4.56. The molecule has 7 heteroatoms. The summed E-state index contributed by atoms with van der Waals surface area (Å²) in [6, 6.07) is 0. The van der Waals surface area contributed by atoms with Crippen LogP contribution in [0.4, 0.5) is 0 Å². The van der Waals surface area contributed by atoms with E-state index in [2.05, 4.69) is 15.5 Å². The second kappa shape index (κ2) is 5.72. The highest BCUT2D eigenvalue weighted by Crippen LogP contribution is 2.21. The lowest BCUT2D eigenvalue weighted by molar-refractivity contribution is -0.126. The Bertz CT molecular complexity index is 393. The van der Waals surface area contributed by atoms with Crippen LogP contribution in [0.15, 0.2) is 10.9 Å². The highest BCUT2D eigenvalue weighted by molar-refractivity contribution is 7.80. The van der Waals surface area contributed by atoms with Gasteiger partial charge in [0, 0.05) is 13.0 Å². The predicted molar refractivity (Wildman–Crippen MR) is 66.2 cm³/mol. The molecule has 17 heavy (non-hydrogen) atoms. The molecule has 0 radical (unpaired) electrons. The van der Waals surface area contributed by atoms with E-state index >= 15 is 0 Å². The number of nitrogens with one attached hydrogen (secondary N) is 1. The van der Waals surface area contributed by atoms with Gasteiger partial charge in [0.2, 0.25) is 11.8 Å². The van der Waals surface area contributed by atoms with Gasteiger partial charge < -0.3 is 15.6 Å². The van der Waals surface area contributed by atoms with Crippen molar-refractivity contribution in [1.29, 1.82) is 0 Å². The van der Waals surface area contributed by atoms with Gasteiger partial charge in [-0.15, -0.1) is 0 Å². The van der Waals surface area contributed by atoms with E-state index in [0.717, 1.165) is 0 Å². The second-order valence-electron chi connectivity index (χ2n) is 3.89. The maximum absolute atomic E-state index is 11.9. The molecular formula is C10H16N4O2S. The van der Waals surface area contributed by atoms with Gasteiger partial charge in [-0.2, -0.15) is 4.98 Å². The monoisotopic (exact) mass is 256 g/mol. The zero-order valence-electron chi connectivity index (χ0n) is 9.90. The number of rotatable bonds is 6. The number of aromatic nitrogens is 2. The van der Waals surface area contributed by atoms with E-state index in [9.17, 15) is 4.79 Å². The molecule has 0 fully saturated rings. The molecule has 0 aromatic carbocycles. The third-order valence-electron chi connectivity index (χ3n) is 2.78. The Labute approximate surface area is 105 Å². The summed E-state index contributed by atoms with van der Waals surface area (Å²) >= 11 is 4.91. The first kappa shape index (κ1) is 13.6. The van der Waals surface area contributed by atoms with Gasteiger partial charge in [-0.25, -0.2) is 0 Å². The van der Waals surface area contributed by atoms with Crippen LogP contribution in [0.25, 0.3) is 0 Å². The molecule has 0 aliphatic carbocycles. The maximum Gasteiger partial charge on any atom is 0.232 e. The quantitative estimate of drug-likeness (QED) is 0.717. The minimum absolute atomic E-state index is 0.174. The van der Waals surface area contributed by atoms with E-state index in [1.807, 2.05) is 6.92 Å². The average Bonchev–Trinajstić information content (AvgIpc) is 2.80. The highest BCUT2D eigenvalue weighted by Gasteiger charge is 2.34. The molecule has 94 valence electrons. The van der Waals surface area contributed by atoms with Crippen molar-refractivity contribution >= 4 is 23.1 Å². The highest BCUT2D eigenvalue weighted by atomic mass is 32.1. The minimum atomic E-state index is -0.801. The van der Waals surface area contributed by atoms with Crippen molar-refractivity contribution in [1.82, 2.24) is 15.5 Å². The van der Waals surface area contributed by atoms with Crippen LogP contribution in [0.2, 0.25) is 0 Å². The summed E-state index contributed by atoms with van der Waals surface area (Å²) in [5, 5.41) is 6.23. The number of carbonyl (C=O) groups is 1. The molecule has 1 unspecified atom stereocenters. The zero-order chi connectivity index (χ0) is 12.9. The summed E-state index contributed by atoms with van der Waals surface area (Å²) in [5.74, 6) is 0.311. The normalized spacial score (nSPS) is 14.0. The fourth-order valence-electron chi connectivity index (χ4n) is 1.23. The molecule has 3 N–H and O–H groups in total. The molecule has 1 heterocycles. The van der Waals surface area contributed by atoms with Crippen molar-refractivity contribution in [3.8, 4) is 0 Å². The third-order valence-corrected chi connectivity index (χ3v) is 3.23. The van der Waals surface area contributed by atoms with Crippen LogP contribution in [0.1, 0.15) is 26.2 Å². The SMILES string of the molecule is CCC(C)(C(=O)NCCc1ncno1)C(N)=S. The lowest BCUT2D eigenvalue weighted by Crippen LogP contribution is -2.47. The number of nitrogens with two attached hydrogens (primary N) is 1. The summed E-state index contributed by atoms with van der Waals surface area (Å²) in [6.07, 6.45) is 2.37. The van der Waals surface area contributed by atoms with Crippen LogP contribution in [-0.4, -0.2) is 27.6 Å². The summed E-state index contributed by atoms with van der Waals surface area (Å²) in [5.41, 5.74) is 4.78. The van der Waals surface area contributed by atoms with Crippen molar-refractivity contribution in [2.45, 2.75) is 26.7 Å². The third kappa shape index (κ3) is 3.23. The molecular weight excluding hydrogens is 240 g/mol. The number of nitrogens with zero attached hydrogens (tertiary/aromatic N) is 2. The molecule has 1 amide bonds. The van der Waals surface area contributed by atoms with Gasteiger partial charge in [-0.3, -0.25) is 4.79 Å². The summed E-state index contributed by atoms with van der Waals surface area (Å²) in [7, 11) is 0. The maximum atomic E-state index is 11.9. The van der Waals surface area contributed by atoms with Crippen molar-refractivity contribution in [3.05, 3.63) is 12.2 Å². The van der Waals surface area contributed by atoms with Gasteiger partial charge in [0.15, 0.2) is 6.33 Å². The topological polar surface area (TPSA) is 94.0 Å². The number of thiocarbonyl (C=S) groups is 1. The molecule has 6 nitrogen and oxygen atoms in total. The molecule has 0 saturated heterocycles. The van der Waals surface area contributed by atoms with Crippen LogP contribution in [0.5, 0.6) is 0 Å². The Morgan fingerprint density at radius 3 is 2.88 bits per heavy atom. The number of hydrogen-bond donors (Lipinski definition) is 2. The van der Waals surface area contributed by atoms with Gasteiger partial charge in [-0.1, -0.05) is 24.3 Å². The minimum Gasteiger partial charge on any atom is -0.392 e. The Morgan fingerprint density at radius 2 is 2.41 bits per heavy atom. The standard InChI is InChI=1S/C10H16N4O2S/c1-3-10(2,8(11)17)9(15)12-5-4-7-13-6-14-16-7/h6H,3-5H2,1-2H3,(H2,11,17)(H,12,15). The van der Waals surface area contributed by atoms with Crippen LogP contribution in [0, 0.1) is 5.41 Å². The van der Waals surface area contributed by atoms with Gasteiger partial charge in [0.25, 0.3) is 0 Å². The molecule has 1 aromatic rings. The second-order valence-corrected chi connectivity index (χ2v) is 4.33. The molecule has 0 bridgehead atoms. The lowest BCUT2D eigenvalue weighted by Gasteiger charge is -2.25. The van der Waals surface area contributed by atoms with E-state index in [1.54, 1.807) is 6.92 Å². The molecule has 0 aliphatic rings. The Morgan fingerprint density at radius 1 is 1.71 bits per heavy atom. The molecule has 0 spiro atoms. The first-order chi connectivity index (χ1) is 8.00. The van der Waals surface area contributed by atoms with E-state index in [0.29, 0.717) is 25.3 Å². The van der Waals surface area contributed by atoms with Crippen molar-refractivity contribution in [3.63, 3.8) is 0 Å². The van der Waals surface area contributed by atoms with Crippen LogP contribution < -0.4 is 11.1 Å². The van der Waals surface area contributed by atoms with Gasteiger partial charge in [0.05, 0.1) is 10.4 Å². The summed E-state index contributed by atoms with van der Waals surface area (Å²) in [6.45, 7) is 4.02. The van der Waals surface area contributed by atoms with Gasteiger partial charge in [-0.05, 0) is 13.3 Å². The van der Waals surface area contributed by atoms with Gasteiger partial charge in [0.1, 0.15) is 0 Å². The van der Waals surface area contributed by atoms with Crippen LogP contribution >= 0.6 is 12.2 Å². The fraction of sp³-hybridized carbons (Fsp3) is 0.600. The zero-order valence-corrected chi connectivity index (χ0v) is 10.7. The molecule has 1 aromatic heterocycles. The van der Waals surface area contributed by atoms with Crippen LogP contribution in [0.3, 0.4) is 0 Å². The van der Waals surface area contributed by atoms with E-state index in [-0.39, 0.29) is 10.9 Å². The summed E-state index contributed by atoms with van der Waals surface area (Å²) < 4.78 is 4.81. The van der Waals surface area contributed by atoms with Crippen molar-refractivity contribution in [2.75, 3.05) is 6.54 Å². The average molecular weight is 256 g/mol. The molecule has 0 aliphatic heterocycles. The largest absolute Gasteiger partial charge is 0.392 e. The fourth-order valence-corrected chi connectivity index (χ4v) is 1.47. The predicted octanol–water partition coefficient (Wildman–Crippen LogP) is 0.431. The van der Waals surface area contributed by atoms with Crippen LogP contribution in [-0.2, 0) is 11.2 Å². The smallest absolute Gasteiger partial charge is 0.232 e. The van der Waals surface area contributed by atoms with Gasteiger partial charge >= 0.3 is 0 Å². The van der Waals surface area contributed by atoms with E-state index < -0.39 is 5.41 Å². The Hall–Kier alpha value is -1.50. The van der Waals surface area contributed by atoms with E-state index in [4.69, 9.17) is 22.5 Å². The Balaban J connectivity index is 2.46. The number of carbonyl (C=O) groups excluding carboxylic acids is 1. The van der Waals surface area contributed by atoms with E-state index in [1.165, 1.54) is 6.33 Å². The van der Waals surface area contributed by atoms with Crippen molar-refractivity contribution < 1.29 is 9.32 Å². The first-order valence-corrected chi connectivity index (χ1v) is 5.75.